The van der Waals surface area contributed by atoms with Gasteiger partial charge in [0.05, 0.1) is 29.9 Å². The summed E-state index contributed by atoms with van der Waals surface area (Å²) in [5.41, 5.74) is 2.70. The van der Waals surface area contributed by atoms with Crippen LogP contribution in [0, 0.1) is 0 Å². The number of aromatic amines is 1. The van der Waals surface area contributed by atoms with Crippen LogP contribution < -0.4 is 10.1 Å². The van der Waals surface area contributed by atoms with E-state index in [1.54, 1.807) is 7.11 Å². The highest BCUT2D eigenvalue weighted by Crippen LogP contribution is 2.23. The van der Waals surface area contributed by atoms with Crippen molar-refractivity contribution < 1.29 is 9.53 Å². The number of methoxy groups -OCH3 is 1. The predicted molar refractivity (Wildman–Crippen MR) is 101 cm³/mol. The van der Waals surface area contributed by atoms with E-state index < -0.39 is 0 Å². The Labute approximate surface area is 155 Å². The lowest BCUT2D eigenvalue weighted by Gasteiger charge is -2.14. The number of ether oxygens (including phenoxy) is 1. The molecule has 130 valence electrons. The molecule has 0 saturated carbocycles. The van der Waals surface area contributed by atoms with E-state index in [9.17, 15) is 4.79 Å². The number of nitrogens with zero attached hydrogens (tertiary/aromatic N) is 1. The second-order valence-corrected chi connectivity index (χ2v) is 6.96. The lowest BCUT2D eigenvalue weighted by Crippen LogP contribution is -2.28. The molecule has 0 aliphatic rings. The first-order valence-electron chi connectivity index (χ1n) is 7.76. The number of hydrogen-bond acceptors (Lipinski definition) is 4. The van der Waals surface area contributed by atoms with Gasteiger partial charge in [-0.25, -0.2) is 4.98 Å². The monoisotopic (exact) mass is 375 g/mol. The van der Waals surface area contributed by atoms with Crippen LogP contribution in [-0.2, 0) is 4.79 Å². The number of carbonyl (C=O) groups is 1. The Hall–Kier alpha value is -2.18. The van der Waals surface area contributed by atoms with Gasteiger partial charge in [-0.3, -0.25) is 4.79 Å². The van der Waals surface area contributed by atoms with E-state index in [1.165, 1.54) is 11.8 Å². The third-order valence-electron chi connectivity index (χ3n) is 3.73. The Kier molecular flexibility index (Phi) is 5.50. The molecule has 3 aromatic rings. The Morgan fingerprint density at radius 2 is 2.20 bits per heavy atom. The number of imidazole rings is 1. The fourth-order valence-electron chi connectivity index (χ4n) is 2.44. The van der Waals surface area contributed by atoms with Crippen molar-refractivity contribution in [1.29, 1.82) is 0 Å². The molecule has 0 unspecified atom stereocenters. The van der Waals surface area contributed by atoms with Gasteiger partial charge < -0.3 is 15.0 Å². The number of amides is 1. The number of benzene rings is 2. The lowest BCUT2D eigenvalue weighted by molar-refractivity contribution is -0.119. The van der Waals surface area contributed by atoms with Gasteiger partial charge in [0.15, 0.2) is 5.16 Å². The van der Waals surface area contributed by atoms with Crippen LogP contribution in [0.2, 0.25) is 5.02 Å². The first-order chi connectivity index (χ1) is 12.0. The van der Waals surface area contributed by atoms with Gasteiger partial charge in [0.25, 0.3) is 0 Å². The molecule has 1 amide bonds. The number of fused-ring (bicyclic) bond motifs is 1. The minimum Gasteiger partial charge on any atom is -0.497 e. The van der Waals surface area contributed by atoms with E-state index in [-0.39, 0.29) is 17.7 Å². The van der Waals surface area contributed by atoms with Crippen LogP contribution in [0.25, 0.3) is 11.0 Å². The van der Waals surface area contributed by atoms with E-state index in [2.05, 4.69) is 15.3 Å². The van der Waals surface area contributed by atoms with Crippen molar-refractivity contribution in [2.75, 3.05) is 12.9 Å². The van der Waals surface area contributed by atoms with Crippen molar-refractivity contribution in [3.8, 4) is 5.75 Å². The van der Waals surface area contributed by atoms with Crippen molar-refractivity contribution in [2.24, 2.45) is 0 Å². The van der Waals surface area contributed by atoms with E-state index in [1.807, 2.05) is 49.4 Å². The smallest absolute Gasteiger partial charge is 0.230 e. The first-order valence-corrected chi connectivity index (χ1v) is 9.13. The Balaban J connectivity index is 1.58. The Morgan fingerprint density at radius 1 is 1.36 bits per heavy atom. The molecule has 0 aliphatic carbocycles. The van der Waals surface area contributed by atoms with Crippen molar-refractivity contribution in [1.82, 2.24) is 15.3 Å². The van der Waals surface area contributed by atoms with Crippen LogP contribution in [0.1, 0.15) is 18.5 Å². The minimum atomic E-state index is -0.105. The summed E-state index contributed by atoms with van der Waals surface area (Å²) in [5.74, 6) is 0.985. The summed E-state index contributed by atoms with van der Waals surface area (Å²) >= 11 is 7.35. The van der Waals surface area contributed by atoms with Crippen LogP contribution in [0.5, 0.6) is 5.75 Å². The molecule has 0 saturated heterocycles. The van der Waals surface area contributed by atoms with Crippen molar-refractivity contribution >= 4 is 40.3 Å². The van der Waals surface area contributed by atoms with Crippen molar-refractivity contribution in [3.63, 3.8) is 0 Å². The van der Waals surface area contributed by atoms with E-state index in [4.69, 9.17) is 16.3 Å². The number of hydrogen-bond donors (Lipinski definition) is 2. The summed E-state index contributed by atoms with van der Waals surface area (Å²) in [7, 11) is 1.62. The molecule has 7 heteroatoms. The summed E-state index contributed by atoms with van der Waals surface area (Å²) in [6, 6.07) is 13.0. The fraction of sp³-hybridized carbons (Fsp3) is 0.222. The van der Waals surface area contributed by atoms with Crippen LogP contribution >= 0.6 is 23.4 Å². The zero-order valence-corrected chi connectivity index (χ0v) is 15.4. The van der Waals surface area contributed by atoms with Crippen LogP contribution in [0.15, 0.2) is 47.6 Å². The van der Waals surface area contributed by atoms with Gasteiger partial charge in [-0.05, 0) is 36.8 Å². The van der Waals surface area contributed by atoms with Crippen LogP contribution in [0.4, 0.5) is 0 Å². The molecule has 2 aromatic carbocycles. The highest BCUT2D eigenvalue weighted by atomic mass is 35.5. The van der Waals surface area contributed by atoms with Gasteiger partial charge in [-0.15, -0.1) is 0 Å². The van der Waals surface area contributed by atoms with Crippen molar-refractivity contribution in [2.45, 2.75) is 18.1 Å². The van der Waals surface area contributed by atoms with Crippen molar-refractivity contribution in [3.05, 3.63) is 53.1 Å². The number of rotatable bonds is 6. The topological polar surface area (TPSA) is 67.0 Å². The van der Waals surface area contributed by atoms with Gasteiger partial charge in [0, 0.05) is 11.1 Å². The van der Waals surface area contributed by atoms with Crippen LogP contribution in [0.3, 0.4) is 0 Å². The van der Waals surface area contributed by atoms with E-state index >= 15 is 0 Å². The highest BCUT2D eigenvalue weighted by Gasteiger charge is 2.12. The summed E-state index contributed by atoms with van der Waals surface area (Å²) < 4.78 is 5.20. The molecule has 0 radical (unpaired) electrons. The maximum absolute atomic E-state index is 12.2. The van der Waals surface area contributed by atoms with Crippen LogP contribution in [-0.4, -0.2) is 28.7 Å². The van der Waals surface area contributed by atoms with Gasteiger partial charge >= 0.3 is 0 Å². The molecule has 0 fully saturated rings. The van der Waals surface area contributed by atoms with Gasteiger partial charge in [-0.1, -0.05) is 35.5 Å². The summed E-state index contributed by atoms with van der Waals surface area (Å²) in [5, 5.41) is 4.33. The molecule has 2 N–H and O–H groups in total. The molecular weight excluding hydrogens is 358 g/mol. The molecule has 0 aliphatic heterocycles. The van der Waals surface area contributed by atoms with E-state index in [0.717, 1.165) is 22.3 Å². The number of carbonyl (C=O) groups excluding carboxylic acids is 1. The third-order valence-corrected chi connectivity index (χ3v) is 4.84. The highest BCUT2D eigenvalue weighted by molar-refractivity contribution is 7.99. The average molecular weight is 376 g/mol. The summed E-state index contributed by atoms with van der Waals surface area (Å²) in [4.78, 5) is 19.8. The zero-order valence-electron chi connectivity index (χ0n) is 13.9. The quantitative estimate of drug-likeness (QED) is 0.634. The molecule has 0 bridgehead atoms. The molecule has 5 nitrogen and oxygen atoms in total. The fourth-order valence-corrected chi connectivity index (χ4v) is 3.33. The normalized spacial score (nSPS) is 12.1. The number of nitrogens with one attached hydrogen (secondary N) is 2. The number of H-pyrrole nitrogens is 1. The summed E-state index contributed by atoms with van der Waals surface area (Å²) in [6.07, 6.45) is 0. The Morgan fingerprint density at radius 3 is 2.96 bits per heavy atom. The maximum atomic E-state index is 12.2. The molecular formula is C18H18ClN3O2S. The predicted octanol–water partition coefficient (Wildman–Crippen LogP) is 4.19. The molecule has 3 rings (SSSR count). The largest absolute Gasteiger partial charge is 0.497 e. The second kappa shape index (κ2) is 7.80. The number of thioether (sulfide) groups is 1. The average Bonchev–Trinajstić information content (AvgIpc) is 3.01. The van der Waals surface area contributed by atoms with Gasteiger partial charge in [0.1, 0.15) is 5.75 Å². The molecule has 25 heavy (non-hydrogen) atoms. The third kappa shape index (κ3) is 4.46. The SMILES string of the molecule is COc1ccc2nc(SCC(=O)N[C@H](C)c3cccc(Cl)c3)[nH]c2c1. The lowest BCUT2D eigenvalue weighted by atomic mass is 10.1. The second-order valence-electron chi connectivity index (χ2n) is 5.56. The zero-order chi connectivity index (χ0) is 17.8. The van der Waals surface area contributed by atoms with Gasteiger partial charge in [0.2, 0.25) is 5.91 Å². The number of aromatic nitrogens is 2. The molecule has 1 atom stereocenters. The molecule has 1 heterocycles. The summed E-state index contributed by atoms with van der Waals surface area (Å²) in [6.45, 7) is 1.93. The molecule has 1 aromatic heterocycles. The molecule has 0 spiro atoms. The number of halogens is 1. The standard InChI is InChI=1S/C18H18ClN3O2S/c1-11(12-4-3-5-13(19)8-12)20-17(23)10-25-18-21-15-7-6-14(24-2)9-16(15)22-18/h3-9,11H,10H2,1-2H3,(H,20,23)(H,21,22)/t11-/m1/s1. The van der Waals surface area contributed by atoms with Gasteiger partial charge in [-0.2, -0.15) is 0 Å². The van der Waals surface area contributed by atoms with E-state index in [0.29, 0.717) is 10.2 Å². The first kappa shape index (κ1) is 17.6. The Bertz CT molecular complexity index is 897. The maximum Gasteiger partial charge on any atom is 0.230 e. The minimum absolute atomic E-state index is 0.0597.